The molecular weight excluding hydrogens is 425 g/mol. The first kappa shape index (κ1) is 22.6. The van der Waals surface area contributed by atoms with Crippen molar-refractivity contribution < 1.29 is 4.74 Å². The van der Waals surface area contributed by atoms with Gasteiger partial charge in [0.15, 0.2) is 5.96 Å². The first-order valence-electron chi connectivity index (χ1n) is 7.61. The molecule has 23 heavy (non-hydrogen) atoms. The number of aromatic nitrogens is 1. The third-order valence-corrected chi connectivity index (χ3v) is 4.39. The number of hydrogen-bond acceptors (Lipinski definition) is 5. The van der Waals surface area contributed by atoms with Crippen LogP contribution in [0.4, 0.5) is 0 Å². The van der Waals surface area contributed by atoms with Crippen LogP contribution in [0.15, 0.2) is 4.99 Å². The van der Waals surface area contributed by atoms with Gasteiger partial charge in [0.05, 0.1) is 17.2 Å². The highest BCUT2D eigenvalue weighted by atomic mass is 127. The lowest BCUT2D eigenvalue weighted by Gasteiger charge is -2.18. The summed E-state index contributed by atoms with van der Waals surface area (Å²) in [6.07, 6.45) is 1.06. The second-order valence-electron chi connectivity index (χ2n) is 5.24. The first-order valence-corrected chi connectivity index (χ1v) is 8.43. The van der Waals surface area contributed by atoms with Gasteiger partial charge < -0.3 is 20.3 Å². The summed E-state index contributed by atoms with van der Waals surface area (Å²) >= 11 is 1.73. The molecule has 0 aliphatic heterocycles. The maximum Gasteiger partial charge on any atom is 0.191 e. The fourth-order valence-corrected chi connectivity index (χ4v) is 2.95. The van der Waals surface area contributed by atoms with Crippen LogP contribution in [0, 0.1) is 13.8 Å². The Morgan fingerprint density at radius 2 is 2.04 bits per heavy atom. The number of thiazole rings is 1. The summed E-state index contributed by atoms with van der Waals surface area (Å²) in [5, 5.41) is 7.78. The summed E-state index contributed by atoms with van der Waals surface area (Å²) in [6, 6.07) is 0. The maximum atomic E-state index is 5.06. The number of methoxy groups -OCH3 is 1. The van der Waals surface area contributed by atoms with E-state index in [1.807, 2.05) is 13.8 Å². The number of likely N-dealkylation sites (N-methyl/N-ethyl adjacent to an activating group) is 1. The number of halogens is 1. The van der Waals surface area contributed by atoms with Crippen molar-refractivity contribution in [2.75, 3.05) is 47.4 Å². The molecule has 0 atom stereocenters. The standard InChI is InChI=1S/C15H29N5OS.HI/c1-12-14(22-13(2)19-12)11-18-15(16-3)17-7-9-20(4)8-6-10-21-5;/h6-11H2,1-5H3,(H2,16,17,18);1H. The molecule has 1 aromatic heterocycles. The molecule has 0 unspecified atom stereocenters. The van der Waals surface area contributed by atoms with Crippen LogP contribution in [0.25, 0.3) is 0 Å². The topological polar surface area (TPSA) is 61.8 Å². The van der Waals surface area contributed by atoms with E-state index in [9.17, 15) is 0 Å². The first-order chi connectivity index (χ1) is 10.6. The molecule has 1 aromatic rings. The number of aryl methyl sites for hydroxylation is 2. The normalized spacial score (nSPS) is 11.5. The maximum absolute atomic E-state index is 5.06. The van der Waals surface area contributed by atoms with Crippen LogP contribution in [0.5, 0.6) is 0 Å². The molecule has 1 heterocycles. The van der Waals surface area contributed by atoms with E-state index in [-0.39, 0.29) is 24.0 Å². The van der Waals surface area contributed by atoms with E-state index in [0.717, 1.165) is 55.9 Å². The Morgan fingerprint density at radius 1 is 1.30 bits per heavy atom. The molecule has 0 aliphatic rings. The lowest BCUT2D eigenvalue weighted by atomic mass is 10.4. The second-order valence-corrected chi connectivity index (χ2v) is 6.53. The Labute approximate surface area is 161 Å². The third-order valence-electron chi connectivity index (χ3n) is 3.31. The Kier molecular flexibility index (Phi) is 12.7. The zero-order valence-electron chi connectivity index (χ0n) is 14.8. The van der Waals surface area contributed by atoms with Crippen LogP contribution in [0.3, 0.4) is 0 Å². The largest absolute Gasteiger partial charge is 0.385 e. The molecule has 0 amide bonds. The molecule has 6 nitrogen and oxygen atoms in total. The fourth-order valence-electron chi connectivity index (χ4n) is 2.08. The molecule has 0 radical (unpaired) electrons. The fraction of sp³-hybridized carbons (Fsp3) is 0.733. The van der Waals surface area contributed by atoms with Gasteiger partial charge in [-0.3, -0.25) is 4.99 Å². The van der Waals surface area contributed by atoms with Gasteiger partial charge >= 0.3 is 0 Å². The van der Waals surface area contributed by atoms with Crippen LogP contribution >= 0.6 is 35.3 Å². The Balaban J connectivity index is 0.00000484. The van der Waals surface area contributed by atoms with Gasteiger partial charge in [-0.2, -0.15) is 0 Å². The molecule has 0 bridgehead atoms. The van der Waals surface area contributed by atoms with Crippen LogP contribution in [0.2, 0.25) is 0 Å². The summed E-state index contributed by atoms with van der Waals surface area (Å²) < 4.78 is 5.06. The highest BCUT2D eigenvalue weighted by Gasteiger charge is 2.06. The number of rotatable bonds is 9. The molecule has 0 saturated heterocycles. The van der Waals surface area contributed by atoms with Crippen molar-refractivity contribution in [3.63, 3.8) is 0 Å². The number of nitrogens with zero attached hydrogens (tertiary/aromatic N) is 3. The second kappa shape index (κ2) is 12.9. The molecule has 2 N–H and O–H groups in total. The van der Waals surface area contributed by atoms with Crippen molar-refractivity contribution in [3.8, 4) is 0 Å². The minimum absolute atomic E-state index is 0. The van der Waals surface area contributed by atoms with Crippen molar-refractivity contribution in [3.05, 3.63) is 15.6 Å². The van der Waals surface area contributed by atoms with Crippen molar-refractivity contribution in [2.45, 2.75) is 26.8 Å². The number of hydrogen-bond donors (Lipinski definition) is 2. The van der Waals surface area contributed by atoms with Gasteiger partial charge in [-0.15, -0.1) is 35.3 Å². The van der Waals surface area contributed by atoms with Gasteiger partial charge in [-0.25, -0.2) is 4.98 Å². The van der Waals surface area contributed by atoms with Crippen LogP contribution < -0.4 is 10.6 Å². The van der Waals surface area contributed by atoms with E-state index in [4.69, 9.17) is 4.74 Å². The highest BCUT2D eigenvalue weighted by molar-refractivity contribution is 14.0. The van der Waals surface area contributed by atoms with Gasteiger partial charge in [0, 0.05) is 45.3 Å². The summed E-state index contributed by atoms with van der Waals surface area (Å²) in [4.78, 5) is 12.2. The summed E-state index contributed by atoms with van der Waals surface area (Å²) in [6.45, 7) is 8.54. The highest BCUT2D eigenvalue weighted by Crippen LogP contribution is 2.16. The van der Waals surface area contributed by atoms with Crippen molar-refractivity contribution in [1.82, 2.24) is 20.5 Å². The number of aliphatic imine (C=N–C) groups is 1. The zero-order chi connectivity index (χ0) is 16.4. The Bertz CT molecular complexity index is 467. The summed E-state index contributed by atoms with van der Waals surface area (Å²) in [5.41, 5.74) is 1.10. The van der Waals surface area contributed by atoms with Gasteiger partial charge in [-0.1, -0.05) is 0 Å². The van der Waals surface area contributed by atoms with Crippen molar-refractivity contribution >= 4 is 41.3 Å². The molecule has 1 rings (SSSR count). The van der Waals surface area contributed by atoms with E-state index in [0.29, 0.717) is 0 Å². The smallest absolute Gasteiger partial charge is 0.191 e. The van der Waals surface area contributed by atoms with E-state index in [1.54, 1.807) is 25.5 Å². The molecule has 134 valence electrons. The van der Waals surface area contributed by atoms with Gasteiger partial charge in [0.25, 0.3) is 0 Å². The van der Waals surface area contributed by atoms with Crippen LogP contribution in [0.1, 0.15) is 22.0 Å². The SMILES string of the molecule is CN=C(NCCN(C)CCCOC)NCc1sc(C)nc1C.I. The van der Waals surface area contributed by atoms with Gasteiger partial charge in [-0.05, 0) is 27.3 Å². The molecule has 0 spiro atoms. The number of ether oxygens (including phenoxy) is 1. The molecule has 8 heteroatoms. The predicted octanol–water partition coefficient (Wildman–Crippen LogP) is 2.01. The summed E-state index contributed by atoms with van der Waals surface area (Å²) in [5.74, 6) is 0.829. The van der Waals surface area contributed by atoms with Gasteiger partial charge in [0.1, 0.15) is 0 Å². The monoisotopic (exact) mass is 455 g/mol. The van der Waals surface area contributed by atoms with Gasteiger partial charge in [0.2, 0.25) is 0 Å². The minimum atomic E-state index is 0. The Morgan fingerprint density at radius 3 is 2.61 bits per heavy atom. The van der Waals surface area contributed by atoms with E-state index >= 15 is 0 Å². The third kappa shape index (κ3) is 9.43. The number of nitrogens with one attached hydrogen (secondary N) is 2. The average molecular weight is 455 g/mol. The lowest BCUT2D eigenvalue weighted by molar-refractivity contribution is 0.180. The molecular formula is C15H30IN5OS. The van der Waals surface area contributed by atoms with Crippen molar-refractivity contribution in [2.24, 2.45) is 4.99 Å². The quantitative estimate of drug-likeness (QED) is 0.258. The van der Waals surface area contributed by atoms with E-state index in [1.165, 1.54) is 4.88 Å². The zero-order valence-corrected chi connectivity index (χ0v) is 18.0. The van der Waals surface area contributed by atoms with Crippen molar-refractivity contribution in [1.29, 1.82) is 0 Å². The van der Waals surface area contributed by atoms with E-state index in [2.05, 4.69) is 32.6 Å². The predicted molar refractivity (Wildman–Crippen MR) is 109 cm³/mol. The lowest BCUT2D eigenvalue weighted by Crippen LogP contribution is -2.40. The van der Waals surface area contributed by atoms with E-state index < -0.39 is 0 Å². The van der Waals surface area contributed by atoms with Crippen LogP contribution in [-0.2, 0) is 11.3 Å². The Hall–Kier alpha value is -0.450. The summed E-state index contributed by atoms with van der Waals surface area (Å²) in [7, 11) is 5.66. The molecule has 0 aromatic carbocycles. The molecule has 0 saturated carbocycles. The number of guanidine groups is 1. The molecule has 0 fully saturated rings. The minimum Gasteiger partial charge on any atom is -0.385 e. The van der Waals surface area contributed by atoms with Crippen LogP contribution in [-0.4, -0.2) is 63.3 Å². The average Bonchev–Trinajstić information content (AvgIpc) is 2.81. The molecule has 0 aliphatic carbocycles.